The summed E-state index contributed by atoms with van der Waals surface area (Å²) in [4.78, 5) is 30.4. The Bertz CT molecular complexity index is 1420. The highest BCUT2D eigenvalue weighted by molar-refractivity contribution is 7.99. The topological polar surface area (TPSA) is 102 Å². The molecule has 8 heteroatoms. The fourth-order valence-corrected chi connectivity index (χ4v) is 7.74. The minimum atomic E-state index is -0.903. The molecule has 2 amide bonds. The molecule has 1 aliphatic heterocycles. The number of nitrogens with zero attached hydrogens (tertiary/aromatic N) is 1. The first-order valence-electron chi connectivity index (χ1n) is 15.8. The predicted octanol–water partition coefficient (Wildman–Crippen LogP) is 5.46. The number of β-amino-alcohol motifs (C(OH)–C–C–N with tert-alkyl or cyclic N) is 1. The summed E-state index contributed by atoms with van der Waals surface area (Å²) >= 11 is 1.57. The number of hydrogen-bond acceptors (Lipinski definition) is 6. The number of phenols is 1. The summed E-state index contributed by atoms with van der Waals surface area (Å²) in [6.45, 7) is 5.29. The zero-order valence-electron chi connectivity index (χ0n) is 25.7. The molecule has 44 heavy (non-hydrogen) atoms. The molecule has 0 bridgehead atoms. The third-order valence-electron chi connectivity index (χ3n) is 9.44. The van der Waals surface area contributed by atoms with E-state index in [2.05, 4.69) is 28.5 Å². The predicted molar refractivity (Wildman–Crippen MR) is 176 cm³/mol. The molecule has 0 aromatic heterocycles. The number of carbonyl (C=O) groups excluding carboxylic acids is 2. The Kier molecular flexibility index (Phi) is 11.0. The van der Waals surface area contributed by atoms with E-state index < -0.39 is 12.1 Å². The maximum Gasteiger partial charge on any atom is 0.252 e. The zero-order chi connectivity index (χ0) is 31.1. The van der Waals surface area contributed by atoms with Crippen LogP contribution in [0.5, 0.6) is 5.75 Å². The van der Waals surface area contributed by atoms with Crippen LogP contribution in [-0.2, 0) is 11.3 Å². The van der Waals surface area contributed by atoms with Crippen LogP contribution in [0.1, 0.15) is 59.2 Å². The molecule has 5 rings (SSSR count). The van der Waals surface area contributed by atoms with E-state index in [9.17, 15) is 19.8 Å². The molecule has 3 aromatic rings. The molecule has 0 spiro atoms. The third kappa shape index (κ3) is 8.03. The van der Waals surface area contributed by atoms with Crippen LogP contribution in [0.25, 0.3) is 0 Å². The number of nitrogens with one attached hydrogen (secondary N) is 2. The molecule has 5 atom stereocenters. The number of likely N-dealkylation sites (tertiary alicyclic amines) is 1. The number of benzene rings is 3. The van der Waals surface area contributed by atoms with Crippen LogP contribution in [0.2, 0.25) is 0 Å². The average Bonchev–Trinajstić information content (AvgIpc) is 3.03. The summed E-state index contributed by atoms with van der Waals surface area (Å²) in [5.74, 6) is 1.21. The Hall–Kier alpha value is -3.33. The molecule has 1 saturated heterocycles. The van der Waals surface area contributed by atoms with Crippen LogP contribution >= 0.6 is 11.8 Å². The summed E-state index contributed by atoms with van der Waals surface area (Å²) in [5.41, 5.74) is 3.12. The third-order valence-corrected chi connectivity index (χ3v) is 10.6. The number of phenolic OH excluding ortho intramolecular Hbond substituents is 1. The van der Waals surface area contributed by atoms with Gasteiger partial charge < -0.3 is 20.8 Å². The molecule has 3 aromatic carbocycles. The number of aliphatic hydroxyl groups excluding tert-OH is 1. The van der Waals surface area contributed by atoms with Crippen molar-refractivity contribution in [2.75, 3.05) is 18.8 Å². The second-order valence-electron chi connectivity index (χ2n) is 12.4. The lowest BCUT2D eigenvalue weighted by atomic mass is 9.72. The van der Waals surface area contributed by atoms with Crippen molar-refractivity contribution in [3.05, 3.63) is 95.1 Å². The second kappa shape index (κ2) is 15.1. The van der Waals surface area contributed by atoms with E-state index >= 15 is 0 Å². The summed E-state index contributed by atoms with van der Waals surface area (Å²) in [7, 11) is 0. The zero-order valence-corrected chi connectivity index (χ0v) is 26.6. The fourth-order valence-electron chi connectivity index (χ4n) is 6.72. The number of aryl methyl sites for hydroxylation is 1. The molecular weight excluding hydrogens is 570 g/mol. The average molecular weight is 616 g/mol. The van der Waals surface area contributed by atoms with Crippen molar-refractivity contribution in [2.24, 2.45) is 11.8 Å². The molecular formula is C36H45N3O4S. The van der Waals surface area contributed by atoms with Gasteiger partial charge in [0, 0.05) is 41.4 Å². The second-order valence-corrected chi connectivity index (χ2v) is 13.5. The number of hydrogen-bond donors (Lipinski definition) is 4. The van der Waals surface area contributed by atoms with Gasteiger partial charge >= 0.3 is 0 Å². The standard InChI is InChI=1S/C36H45N3O4S/c1-24-11-6-7-13-27(24)20-37-36(43)32-19-26-12-8-9-14-28(26)21-39(32)22-34(41)31(23-44-29-15-4-3-5-16-29)38-35(42)30-17-10-18-33(40)25(30)2/h3-7,10-11,13,15-18,26,28,31-32,34,40-41H,8-9,12,14,19-23H2,1-2H3,(H,37,43)(H,38,42). The number of fused-ring (bicyclic) bond motifs is 1. The number of rotatable bonds is 11. The maximum atomic E-state index is 13.7. The highest BCUT2D eigenvalue weighted by atomic mass is 32.2. The number of carbonyl (C=O) groups is 2. The van der Waals surface area contributed by atoms with Crippen LogP contribution in [0.4, 0.5) is 0 Å². The van der Waals surface area contributed by atoms with Gasteiger partial charge in [0.05, 0.1) is 18.2 Å². The molecule has 1 saturated carbocycles. The van der Waals surface area contributed by atoms with E-state index in [4.69, 9.17) is 0 Å². The lowest BCUT2D eigenvalue weighted by molar-refractivity contribution is -0.131. The smallest absolute Gasteiger partial charge is 0.252 e. The molecule has 1 aliphatic carbocycles. The van der Waals surface area contributed by atoms with Crippen molar-refractivity contribution in [1.82, 2.24) is 15.5 Å². The highest BCUT2D eigenvalue weighted by Gasteiger charge is 2.41. The van der Waals surface area contributed by atoms with Gasteiger partial charge in [-0.25, -0.2) is 0 Å². The van der Waals surface area contributed by atoms with Gasteiger partial charge in [-0.05, 0) is 73.9 Å². The number of aliphatic hydroxyl groups is 1. The van der Waals surface area contributed by atoms with Gasteiger partial charge in [0.1, 0.15) is 5.75 Å². The van der Waals surface area contributed by atoms with Crippen LogP contribution in [-0.4, -0.2) is 64.0 Å². The summed E-state index contributed by atoms with van der Waals surface area (Å²) in [6, 6.07) is 22.0. The normalized spacial score (nSPS) is 21.6. The minimum Gasteiger partial charge on any atom is -0.508 e. The van der Waals surface area contributed by atoms with Crippen LogP contribution < -0.4 is 10.6 Å². The monoisotopic (exact) mass is 615 g/mol. The van der Waals surface area contributed by atoms with E-state index in [0.717, 1.165) is 41.8 Å². The molecule has 7 nitrogen and oxygen atoms in total. The molecule has 4 N–H and O–H groups in total. The number of amides is 2. The van der Waals surface area contributed by atoms with E-state index in [1.807, 2.05) is 48.5 Å². The first-order valence-corrected chi connectivity index (χ1v) is 16.8. The lowest BCUT2D eigenvalue weighted by Crippen LogP contribution is -2.58. The Morgan fingerprint density at radius 3 is 2.45 bits per heavy atom. The Morgan fingerprint density at radius 1 is 0.955 bits per heavy atom. The molecule has 2 fully saturated rings. The Balaban J connectivity index is 1.33. The maximum absolute atomic E-state index is 13.7. The Labute approximate surface area is 265 Å². The quantitative estimate of drug-likeness (QED) is 0.214. The largest absolute Gasteiger partial charge is 0.508 e. The SMILES string of the molecule is Cc1ccccc1CNC(=O)C1CC2CCCCC2CN1CC(O)C(CSc1ccccc1)NC(=O)c1cccc(O)c1C. The van der Waals surface area contributed by atoms with Crippen LogP contribution in [0.3, 0.4) is 0 Å². The summed E-state index contributed by atoms with van der Waals surface area (Å²) in [5, 5.41) is 28.2. The first kappa shape index (κ1) is 32.1. The van der Waals surface area contributed by atoms with Crippen molar-refractivity contribution in [3.63, 3.8) is 0 Å². The van der Waals surface area contributed by atoms with Gasteiger partial charge in [0.25, 0.3) is 5.91 Å². The van der Waals surface area contributed by atoms with Crippen molar-refractivity contribution in [2.45, 2.75) is 75.6 Å². The van der Waals surface area contributed by atoms with Crippen molar-refractivity contribution < 1.29 is 19.8 Å². The minimum absolute atomic E-state index is 0.000826. The van der Waals surface area contributed by atoms with Crippen molar-refractivity contribution >= 4 is 23.6 Å². The molecule has 0 radical (unpaired) electrons. The van der Waals surface area contributed by atoms with Crippen LogP contribution in [0, 0.1) is 25.7 Å². The summed E-state index contributed by atoms with van der Waals surface area (Å²) < 4.78 is 0. The summed E-state index contributed by atoms with van der Waals surface area (Å²) in [6.07, 6.45) is 4.60. The van der Waals surface area contributed by atoms with Crippen molar-refractivity contribution in [3.8, 4) is 5.75 Å². The van der Waals surface area contributed by atoms with Crippen molar-refractivity contribution in [1.29, 1.82) is 0 Å². The first-order chi connectivity index (χ1) is 21.3. The van der Waals surface area contributed by atoms with E-state index in [0.29, 0.717) is 35.3 Å². The van der Waals surface area contributed by atoms with Gasteiger partial charge in [-0.3, -0.25) is 14.5 Å². The number of piperidine rings is 1. The molecule has 234 valence electrons. The fraction of sp³-hybridized carbons (Fsp3) is 0.444. The number of aromatic hydroxyl groups is 1. The highest BCUT2D eigenvalue weighted by Crippen LogP contribution is 2.39. The lowest BCUT2D eigenvalue weighted by Gasteiger charge is -2.46. The van der Waals surface area contributed by atoms with Crippen LogP contribution in [0.15, 0.2) is 77.7 Å². The molecule has 1 heterocycles. The van der Waals surface area contributed by atoms with E-state index in [1.54, 1.807) is 36.9 Å². The van der Waals surface area contributed by atoms with Gasteiger partial charge in [0.2, 0.25) is 5.91 Å². The Morgan fingerprint density at radius 2 is 1.68 bits per heavy atom. The van der Waals surface area contributed by atoms with Gasteiger partial charge in [0.15, 0.2) is 0 Å². The molecule has 2 aliphatic rings. The van der Waals surface area contributed by atoms with Gasteiger partial charge in [-0.2, -0.15) is 0 Å². The van der Waals surface area contributed by atoms with Gasteiger partial charge in [-0.1, -0.05) is 67.8 Å². The molecule has 5 unspecified atom stereocenters. The van der Waals surface area contributed by atoms with E-state index in [1.165, 1.54) is 12.8 Å². The van der Waals surface area contributed by atoms with Gasteiger partial charge in [-0.15, -0.1) is 11.8 Å². The van der Waals surface area contributed by atoms with E-state index in [-0.39, 0.29) is 30.2 Å². The number of thioether (sulfide) groups is 1.